The molecule has 0 aliphatic heterocycles. The van der Waals surface area contributed by atoms with Gasteiger partial charge in [0.25, 0.3) is 0 Å². The number of carbonyl (C=O) groups excluding carboxylic acids is 1. The van der Waals surface area contributed by atoms with E-state index >= 15 is 0 Å². The average molecular weight is 586 g/mol. The molecule has 0 aromatic heterocycles. The van der Waals surface area contributed by atoms with Gasteiger partial charge in [-0.3, -0.25) is 9.69 Å². The van der Waals surface area contributed by atoms with Crippen molar-refractivity contribution in [1.29, 1.82) is 0 Å². The molecule has 41 heavy (non-hydrogen) atoms. The van der Waals surface area contributed by atoms with Gasteiger partial charge in [-0.2, -0.15) is 5.06 Å². The van der Waals surface area contributed by atoms with Crippen LogP contribution in [0.5, 0.6) is 0 Å². The zero-order chi connectivity index (χ0) is 30.0. The summed E-state index contributed by atoms with van der Waals surface area (Å²) < 4.78 is 0. The van der Waals surface area contributed by atoms with Crippen LogP contribution in [0.3, 0.4) is 0 Å². The number of aryl methyl sites for hydroxylation is 1. The lowest BCUT2D eigenvalue weighted by Crippen LogP contribution is -2.53. The van der Waals surface area contributed by atoms with Crippen molar-refractivity contribution in [3.05, 3.63) is 71.8 Å². The van der Waals surface area contributed by atoms with Gasteiger partial charge in [0.1, 0.15) is 0 Å². The Balaban J connectivity index is 1.73. The van der Waals surface area contributed by atoms with Crippen LogP contribution in [-0.2, 0) is 31.2 Å². The van der Waals surface area contributed by atoms with Gasteiger partial charge < -0.3 is 25.5 Å². The molecular formula is C30H39N3O7S. The largest absolute Gasteiger partial charge is 0.481 e. The van der Waals surface area contributed by atoms with E-state index < -0.39 is 36.4 Å². The second kappa shape index (κ2) is 14.4. The molecule has 2 aromatic rings. The van der Waals surface area contributed by atoms with E-state index in [0.29, 0.717) is 19.4 Å². The van der Waals surface area contributed by atoms with Crippen LogP contribution in [0.4, 0.5) is 0 Å². The van der Waals surface area contributed by atoms with Gasteiger partial charge in [0, 0.05) is 12.1 Å². The number of aliphatic hydroxyl groups is 1. The number of carboxylic acid groups (broad SMARTS) is 2. The van der Waals surface area contributed by atoms with E-state index in [1.54, 1.807) is 0 Å². The fraction of sp³-hybridized carbons (Fsp3) is 0.467. The van der Waals surface area contributed by atoms with Crippen LogP contribution in [-0.4, -0.2) is 80.6 Å². The van der Waals surface area contributed by atoms with E-state index in [4.69, 9.17) is 22.2 Å². The number of aliphatic carboxylic acids is 2. The molecule has 0 saturated heterocycles. The van der Waals surface area contributed by atoms with Crippen molar-refractivity contribution >= 4 is 35.2 Å². The van der Waals surface area contributed by atoms with Crippen molar-refractivity contribution in [2.45, 2.75) is 68.5 Å². The maximum Gasteiger partial charge on any atom is 0.336 e. The molecule has 1 saturated carbocycles. The van der Waals surface area contributed by atoms with Gasteiger partial charge in [0.15, 0.2) is 5.60 Å². The summed E-state index contributed by atoms with van der Waals surface area (Å²) in [5, 5.41) is 33.4. The number of hydrogen-bond acceptors (Lipinski definition) is 7. The van der Waals surface area contributed by atoms with E-state index in [2.05, 4.69) is 22.3 Å². The number of rotatable bonds is 12. The first-order chi connectivity index (χ1) is 19.5. The monoisotopic (exact) mass is 585 g/mol. The first-order valence-electron chi connectivity index (χ1n) is 13.7. The third-order valence-corrected chi connectivity index (χ3v) is 8.05. The Morgan fingerprint density at radius 3 is 2.12 bits per heavy atom. The number of thiocarbonyl (C=S) groups is 1. The van der Waals surface area contributed by atoms with Crippen molar-refractivity contribution in [2.24, 2.45) is 0 Å². The molecule has 0 bridgehead atoms. The average Bonchev–Trinajstić information content (AvgIpc) is 2.94. The molecule has 1 aliphatic carbocycles. The Hall–Kier alpha value is -3.54. The maximum absolute atomic E-state index is 12.9. The smallest absolute Gasteiger partial charge is 0.336 e. The number of nitrogens with one attached hydrogen (secondary N) is 1. The normalized spacial score (nSPS) is 20.0. The molecule has 0 radical (unpaired) electrons. The number of nitrogens with zero attached hydrogens (tertiary/aromatic N) is 2. The van der Waals surface area contributed by atoms with Gasteiger partial charge in [-0.1, -0.05) is 60.7 Å². The Labute approximate surface area is 245 Å². The molecule has 11 heteroatoms. The highest BCUT2D eigenvalue weighted by atomic mass is 32.1. The van der Waals surface area contributed by atoms with Crippen LogP contribution in [0.2, 0.25) is 0 Å². The van der Waals surface area contributed by atoms with E-state index in [1.165, 1.54) is 16.2 Å². The fourth-order valence-corrected chi connectivity index (χ4v) is 5.68. The summed E-state index contributed by atoms with van der Waals surface area (Å²) in [6.07, 6.45) is 2.13. The van der Waals surface area contributed by atoms with Gasteiger partial charge in [-0.05, 0) is 76.0 Å². The lowest BCUT2D eigenvalue weighted by Gasteiger charge is -2.47. The highest BCUT2D eigenvalue weighted by Gasteiger charge is 2.44. The molecule has 1 aliphatic rings. The number of hydroxylamine groups is 2. The lowest BCUT2D eigenvalue weighted by atomic mass is 9.74. The summed E-state index contributed by atoms with van der Waals surface area (Å²) in [5.74, 6) is -4.46. The number of hydrogen-bond donors (Lipinski definition) is 4. The number of carbonyl (C=O) groups is 3. The molecule has 0 heterocycles. The topological polar surface area (TPSA) is 140 Å². The summed E-state index contributed by atoms with van der Waals surface area (Å²) in [7, 11) is 4.08. The van der Waals surface area contributed by atoms with Crippen molar-refractivity contribution in [3.8, 4) is 0 Å². The molecule has 1 unspecified atom stereocenters. The second-order valence-corrected chi connectivity index (χ2v) is 11.1. The third-order valence-electron chi connectivity index (χ3n) is 7.72. The minimum atomic E-state index is -2.81. The lowest BCUT2D eigenvalue weighted by molar-refractivity contribution is -0.193. The second-order valence-electron chi connectivity index (χ2n) is 10.7. The zero-order valence-electron chi connectivity index (χ0n) is 23.5. The van der Waals surface area contributed by atoms with Gasteiger partial charge in [0.05, 0.1) is 18.9 Å². The Morgan fingerprint density at radius 1 is 1.00 bits per heavy atom. The van der Waals surface area contributed by atoms with Crippen LogP contribution in [0, 0.1) is 0 Å². The van der Waals surface area contributed by atoms with E-state index in [-0.39, 0.29) is 16.7 Å². The third kappa shape index (κ3) is 8.48. The van der Waals surface area contributed by atoms with Crippen LogP contribution in [0.1, 0.15) is 56.1 Å². The highest BCUT2D eigenvalue weighted by Crippen LogP contribution is 2.42. The summed E-state index contributed by atoms with van der Waals surface area (Å²) in [6.45, 7) is 0.512. The SMILES string of the molecule is CN(C)C1(c2ccccc2)CCC(N(OC(=O)CC(O)(CC(=O)O)C(=O)O)C(=S)NCCCc2ccccc2)CC1. The Morgan fingerprint density at radius 2 is 1.59 bits per heavy atom. The molecular weight excluding hydrogens is 546 g/mol. The minimum Gasteiger partial charge on any atom is -0.481 e. The summed E-state index contributed by atoms with van der Waals surface area (Å²) in [4.78, 5) is 43.4. The summed E-state index contributed by atoms with van der Waals surface area (Å²) in [6, 6.07) is 19.9. The predicted molar refractivity (Wildman–Crippen MR) is 157 cm³/mol. The summed E-state index contributed by atoms with van der Waals surface area (Å²) in [5.41, 5.74) is -0.653. The molecule has 3 rings (SSSR count). The standard InChI is InChI=1S/C30H39N3O7S/c1-32(2)29(23-13-7-4-8-14-23)17-15-24(16-18-29)33(28(41)31-19-9-12-22-10-5-3-6-11-22)40-26(36)21-30(39,27(37)38)20-25(34)35/h3-8,10-11,13-14,24,39H,9,12,15-21H2,1-2H3,(H,31,41)(H,34,35)(H,37,38). The quantitative estimate of drug-likeness (QED) is 0.166. The van der Waals surface area contributed by atoms with Crippen molar-refractivity contribution < 1.29 is 34.5 Å². The molecule has 2 aromatic carbocycles. The van der Waals surface area contributed by atoms with E-state index in [9.17, 15) is 24.6 Å². The fourth-order valence-electron chi connectivity index (χ4n) is 5.39. The van der Waals surface area contributed by atoms with Crippen LogP contribution in [0.25, 0.3) is 0 Å². The van der Waals surface area contributed by atoms with Gasteiger partial charge in [-0.15, -0.1) is 0 Å². The molecule has 1 atom stereocenters. The van der Waals surface area contributed by atoms with Gasteiger partial charge in [0.2, 0.25) is 5.11 Å². The van der Waals surface area contributed by atoms with E-state index in [0.717, 1.165) is 25.7 Å². The first-order valence-corrected chi connectivity index (χ1v) is 14.1. The predicted octanol–water partition coefficient (Wildman–Crippen LogP) is 3.33. The number of benzene rings is 2. The zero-order valence-corrected chi connectivity index (χ0v) is 24.3. The van der Waals surface area contributed by atoms with Crippen LogP contribution < -0.4 is 5.32 Å². The van der Waals surface area contributed by atoms with E-state index in [1.807, 2.05) is 62.6 Å². The minimum absolute atomic E-state index is 0.172. The molecule has 10 nitrogen and oxygen atoms in total. The van der Waals surface area contributed by atoms with Crippen LogP contribution >= 0.6 is 12.2 Å². The summed E-state index contributed by atoms with van der Waals surface area (Å²) >= 11 is 5.62. The molecule has 4 N–H and O–H groups in total. The highest BCUT2D eigenvalue weighted by molar-refractivity contribution is 7.80. The maximum atomic E-state index is 12.9. The molecule has 0 spiro atoms. The van der Waals surface area contributed by atoms with Crippen molar-refractivity contribution in [2.75, 3.05) is 20.6 Å². The van der Waals surface area contributed by atoms with Gasteiger partial charge in [-0.25, -0.2) is 9.59 Å². The first kappa shape index (κ1) is 32.0. The van der Waals surface area contributed by atoms with Crippen LogP contribution in [0.15, 0.2) is 60.7 Å². The molecule has 0 amide bonds. The number of carboxylic acids is 2. The Kier molecular flexibility index (Phi) is 11.2. The van der Waals surface area contributed by atoms with Crippen molar-refractivity contribution in [3.63, 3.8) is 0 Å². The molecule has 1 fully saturated rings. The Bertz CT molecular complexity index is 1190. The van der Waals surface area contributed by atoms with Crippen molar-refractivity contribution in [1.82, 2.24) is 15.3 Å². The van der Waals surface area contributed by atoms with Gasteiger partial charge >= 0.3 is 17.9 Å². The molecule has 222 valence electrons.